The summed E-state index contributed by atoms with van der Waals surface area (Å²) in [6.07, 6.45) is 0. The summed E-state index contributed by atoms with van der Waals surface area (Å²) in [6.45, 7) is 0.444. The van der Waals surface area contributed by atoms with Crippen molar-refractivity contribution < 1.29 is 9.53 Å². The van der Waals surface area contributed by atoms with Gasteiger partial charge in [0.15, 0.2) is 0 Å². The van der Waals surface area contributed by atoms with Crippen LogP contribution in [0.25, 0.3) is 21.7 Å². The van der Waals surface area contributed by atoms with Crippen molar-refractivity contribution in [2.24, 2.45) is 5.73 Å². The Morgan fingerprint density at radius 2 is 1.71 bits per heavy atom. The van der Waals surface area contributed by atoms with Crippen molar-refractivity contribution in [1.29, 1.82) is 5.41 Å². The molecule has 0 saturated carbocycles. The monoisotopic (exact) mass is 463 g/mol. The number of fused-ring (bicyclic) bond motifs is 2. The van der Waals surface area contributed by atoms with E-state index in [1.165, 1.54) is 0 Å². The molecular formula is C28H25N5O2. The molecule has 1 aromatic heterocycles. The van der Waals surface area contributed by atoms with Crippen LogP contribution in [0, 0.1) is 5.41 Å². The first kappa shape index (κ1) is 22.0. The number of aromatic nitrogens is 1. The average molecular weight is 464 g/mol. The van der Waals surface area contributed by atoms with Crippen molar-refractivity contribution >= 4 is 44.8 Å². The molecule has 0 spiro atoms. The molecule has 5 rings (SSSR count). The summed E-state index contributed by atoms with van der Waals surface area (Å²) in [6, 6.07) is 26.4. The quantitative estimate of drug-likeness (QED) is 0.161. The van der Waals surface area contributed by atoms with Crippen LogP contribution in [-0.4, -0.2) is 23.4 Å². The highest BCUT2D eigenvalue weighted by Crippen LogP contribution is 2.31. The zero-order valence-electron chi connectivity index (χ0n) is 19.2. The lowest BCUT2D eigenvalue weighted by Gasteiger charge is -2.15. The van der Waals surface area contributed by atoms with Gasteiger partial charge in [-0.05, 0) is 53.4 Å². The van der Waals surface area contributed by atoms with Gasteiger partial charge in [0, 0.05) is 39.8 Å². The molecule has 5 aromatic rings. The molecule has 0 aliphatic carbocycles. The molecule has 0 fully saturated rings. The highest BCUT2D eigenvalue weighted by molar-refractivity contribution is 6.07. The maximum absolute atomic E-state index is 13.4. The Labute approximate surface area is 202 Å². The minimum atomic E-state index is -0.242. The zero-order chi connectivity index (χ0) is 24.5. The smallest absolute Gasteiger partial charge is 0.272 e. The number of anilines is 2. The lowest BCUT2D eigenvalue weighted by molar-refractivity contribution is 0.101. The minimum absolute atomic E-state index is 0.0255. The standard InChI is InChI=1S/C28H25N5O2/c1-35-26-13-8-19(22-4-2-3-5-23(22)26)16-33-24-15-18(27(30)31)7-6-17(24)14-25(33)28(34)32-21-11-9-20(29)10-12-21/h2-15H,16,29H2,1H3,(H3,30,31)(H,32,34). The van der Waals surface area contributed by atoms with Crippen LogP contribution in [0.5, 0.6) is 5.75 Å². The van der Waals surface area contributed by atoms with Gasteiger partial charge >= 0.3 is 0 Å². The third kappa shape index (κ3) is 4.15. The third-order valence-electron chi connectivity index (χ3n) is 6.14. The van der Waals surface area contributed by atoms with Crippen LogP contribution < -0.4 is 21.5 Å². The number of nitrogens with two attached hydrogens (primary N) is 2. The van der Waals surface area contributed by atoms with E-state index >= 15 is 0 Å². The van der Waals surface area contributed by atoms with E-state index in [9.17, 15) is 4.79 Å². The molecule has 174 valence electrons. The summed E-state index contributed by atoms with van der Waals surface area (Å²) < 4.78 is 7.51. The van der Waals surface area contributed by atoms with Crippen molar-refractivity contribution in [3.05, 3.63) is 102 Å². The van der Waals surface area contributed by atoms with Crippen LogP contribution in [0.1, 0.15) is 21.6 Å². The second kappa shape index (κ2) is 8.87. The van der Waals surface area contributed by atoms with E-state index in [-0.39, 0.29) is 11.7 Å². The fourth-order valence-electron chi connectivity index (χ4n) is 4.36. The number of nitrogens with one attached hydrogen (secondary N) is 2. The van der Waals surface area contributed by atoms with Crippen LogP contribution in [0.4, 0.5) is 11.4 Å². The summed E-state index contributed by atoms with van der Waals surface area (Å²) >= 11 is 0. The maximum Gasteiger partial charge on any atom is 0.272 e. The number of amides is 1. The second-order valence-electron chi connectivity index (χ2n) is 8.35. The summed E-state index contributed by atoms with van der Waals surface area (Å²) in [7, 11) is 1.66. The van der Waals surface area contributed by atoms with Crippen molar-refractivity contribution in [3.63, 3.8) is 0 Å². The largest absolute Gasteiger partial charge is 0.496 e. The fraction of sp³-hybridized carbons (Fsp3) is 0.0714. The Balaban J connectivity index is 1.64. The van der Waals surface area contributed by atoms with Gasteiger partial charge in [-0.1, -0.05) is 42.5 Å². The van der Waals surface area contributed by atoms with Crippen molar-refractivity contribution in [2.45, 2.75) is 6.54 Å². The van der Waals surface area contributed by atoms with Crippen LogP contribution in [0.2, 0.25) is 0 Å². The normalized spacial score (nSPS) is 11.0. The van der Waals surface area contributed by atoms with Gasteiger partial charge in [-0.15, -0.1) is 0 Å². The highest BCUT2D eigenvalue weighted by atomic mass is 16.5. The second-order valence-corrected chi connectivity index (χ2v) is 8.35. The van der Waals surface area contributed by atoms with E-state index in [2.05, 4.69) is 5.32 Å². The maximum atomic E-state index is 13.4. The molecule has 0 atom stereocenters. The summed E-state index contributed by atoms with van der Waals surface area (Å²) in [5.41, 5.74) is 15.8. The number of amidine groups is 1. The van der Waals surface area contributed by atoms with Gasteiger partial charge in [0.05, 0.1) is 7.11 Å². The fourth-order valence-corrected chi connectivity index (χ4v) is 4.36. The molecule has 0 radical (unpaired) electrons. The number of rotatable bonds is 6. The Bertz CT molecular complexity index is 1590. The van der Waals surface area contributed by atoms with Gasteiger partial charge in [0.25, 0.3) is 5.91 Å². The molecule has 7 nitrogen and oxygen atoms in total. The lowest BCUT2D eigenvalue weighted by Crippen LogP contribution is -2.18. The van der Waals surface area contributed by atoms with Gasteiger partial charge in [-0.3, -0.25) is 10.2 Å². The van der Waals surface area contributed by atoms with E-state index in [0.29, 0.717) is 29.2 Å². The number of carbonyl (C=O) groups excluding carboxylic acids is 1. The van der Waals surface area contributed by atoms with Gasteiger partial charge in [0.2, 0.25) is 0 Å². The highest BCUT2D eigenvalue weighted by Gasteiger charge is 2.18. The van der Waals surface area contributed by atoms with E-state index in [4.69, 9.17) is 21.6 Å². The number of methoxy groups -OCH3 is 1. The molecule has 0 aliphatic rings. The van der Waals surface area contributed by atoms with E-state index in [0.717, 1.165) is 33.0 Å². The molecule has 0 aliphatic heterocycles. The number of hydrogen-bond donors (Lipinski definition) is 4. The van der Waals surface area contributed by atoms with Crippen molar-refractivity contribution in [3.8, 4) is 5.75 Å². The average Bonchev–Trinajstić information content (AvgIpc) is 3.23. The number of nitrogen functional groups attached to an aromatic ring is 2. The van der Waals surface area contributed by atoms with Gasteiger partial charge in [-0.2, -0.15) is 0 Å². The Hall–Kier alpha value is -4.78. The molecule has 0 bridgehead atoms. The topological polar surface area (TPSA) is 119 Å². The summed E-state index contributed by atoms with van der Waals surface area (Å²) in [4.78, 5) is 13.4. The number of carbonyl (C=O) groups is 1. The Morgan fingerprint density at radius 3 is 2.43 bits per heavy atom. The molecule has 1 amide bonds. The van der Waals surface area contributed by atoms with Gasteiger partial charge in [-0.25, -0.2) is 0 Å². The van der Waals surface area contributed by atoms with E-state index in [1.807, 2.05) is 59.2 Å². The first-order valence-corrected chi connectivity index (χ1v) is 11.1. The lowest BCUT2D eigenvalue weighted by atomic mass is 10.0. The van der Waals surface area contributed by atoms with Gasteiger partial charge in [0.1, 0.15) is 17.3 Å². The molecule has 0 saturated heterocycles. The van der Waals surface area contributed by atoms with Crippen LogP contribution in [-0.2, 0) is 6.54 Å². The first-order chi connectivity index (χ1) is 16.9. The van der Waals surface area contributed by atoms with Crippen molar-refractivity contribution in [2.75, 3.05) is 18.2 Å². The molecule has 4 aromatic carbocycles. The number of benzene rings is 4. The van der Waals surface area contributed by atoms with E-state index in [1.54, 1.807) is 37.4 Å². The van der Waals surface area contributed by atoms with Crippen LogP contribution >= 0.6 is 0 Å². The number of nitrogens with zero attached hydrogens (tertiary/aromatic N) is 1. The van der Waals surface area contributed by atoms with Gasteiger partial charge < -0.3 is 26.1 Å². The summed E-state index contributed by atoms with van der Waals surface area (Å²) in [5.74, 6) is 0.525. The molecule has 7 heteroatoms. The third-order valence-corrected chi connectivity index (χ3v) is 6.14. The Kier molecular flexibility index (Phi) is 5.58. The summed E-state index contributed by atoms with van der Waals surface area (Å²) in [5, 5.41) is 13.8. The predicted octanol–water partition coefficient (Wildman–Crippen LogP) is 4.97. The molecular weight excluding hydrogens is 438 g/mol. The molecule has 0 unspecified atom stereocenters. The van der Waals surface area contributed by atoms with Crippen LogP contribution in [0.15, 0.2) is 84.9 Å². The van der Waals surface area contributed by atoms with Crippen LogP contribution in [0.3, 0.4) is 0 Å². The number of ether oxygens (including phenoxy) is 1. The molecule has 6 N–H and O–H groups in total. The SMILES string of the molecule is COc1ccc(Cn2c(C(=O)Nc3ccc(N)cc3)cc3ccc(C(=N)N)cc32)c2ccccc12. The zero-order valence-corrected chi connectivity index (χ0v) is 19.2. The minimum Gasteiger partial charge on any atom is -0.496 e. The first-order valence-electron chi connectivity index (χ1n) is 11.1. The Morgan fingerprint density at radius 1 is 0.971 bits per heavy atom. The molecule has 1 heterocycles. The number of hydrogen-bond acceptors (Lipinski definition) is 4. The van der Waals surface area contributed by atoms with Crippen molar-refractivity contribution in [1.82, 2.24) is 4.57 Å². The van der Waals surface area contributed by atoms with E-state index < -0.39 is 0 Å². The predicted molar refractivity (Wildman–Crippen MR) is 141 cm³/mol. The molecule has 35 heavy (non-hydrogen) atoms.